The van der Waals surface area contributed by atoms with E-state index >= 15 is 0 Å². The maximum absolute atomic E-state index is 8.05. The maximum Gasteiger partial charge on any atom is 1.00 e. The number of hydrogen-bond acceptors (Lipinski definition) is 1. The summed E-state index contributed by atoms with van der Waals surface area (Å²) in [5.41, 5.74) is 0.523. The third-order valence-corrected chi connectivity index (χ3v) is 0.574. The second-order valence-corrected chi connectivity index (χ2v) is 2.44. The summed E-state index contributed by atoms with van der Waals surface area (Å²) in [6.07, 6.45) is 1.64. The van der Waals surface area contributed by atoms with Gasteiger partial charge < -0.3 is 25.5 Å². The van der Waals surface area contributed by atoms with E-state index in [0.29, 0.717) is 5.57 Å². The van der Waals surface area contributed by atoms with E-state index in [4.69, 9.17) is 12.0 Å². The third kappa shape index (κ3) is 36.4. The van der Waals surface area contributed by atoms with E-state index < -0.39 is 0 Å². The summed E-state index contributed by atoms with van der Waals surface area (Å²) in [6.45, 7) is 13.7. The zero-order chi connectivity index (χ0) is 8.57. The largest absolute Gasteiger partial charge is 1.00 e. The van der Waals surface area contributed by atoms with E-state index in [0.717, 1.165) is 12.6 Å². The van der Waals surface area contributed by atoms with Gasteiger partial charge in [0.05, 0.1) is 0 Å². The SMILES string of the molecule is [CH-]=C(C=[N-])CC.[CH2-]C([CH2-])S.[Na+]. The fourth-order valence-corrected chi connectivity index (χ4v) is 0.0913. The monoisotopic (exact) mass is 178 g/mol. The molecular weight excluding hydrogens is 165 g/mol. The second-order valence-electron chi connectivity index (χ2n) is 1.71. The number of hydrogen-bond donors (Lipinski definition) is 1. The van der Waals surface area contributed by atoms with Crippen LogP contribution in [-0.4, -0.2) is 11.5 Å². The summed E-state index contributed by atoms with van der Waals surface area (Å²) >= 11 is 3.74. The van der Waals surface area contributed by atoms with Crippen LogP contribution >= 0.6 is 12.6 Å². The van der Waals surface area contributed by atoms with E-state index in [1.54, 1.807) is 0 Å². The van der Waals surface area contributed by atoms with Crippen molar-refractivity contribution in [1.82, 2.24) is 0 Å². The molecule has 0 rings (SSSR count). The van der Waals surface area contributed by atoms with Crippen LogP contribution in [0.1, 0.15) is 13.3 Å². The van der Waals surface area contributed by atoms with E-state index in [1.165, 1.54) is 0 Å². The Morgan fingerprint density at radius 2 is 2.00 bits per heavy atom. The first-order chi connectivity index (χ1) is 4.54. The van der Waals surface area contributed by atoms with Gasteiger partial charge in [-0.1, -0.05) is 13.3 Å². The standard InChI is InChI=1S/C5H7N.C3H6S.Na/c1-3-5(2)4-6;1-3(2)4;/h2,4H,3H2,1H3;3-4H,1-2H2;/q2*-2;+1. The Balaban J connectivity index is -0.000000114. The summed E-state index contributed by atoms with van der Waals surface area (Å²) in [7, 11) is 0. The van der Waals surface area contributed by atoms with Crippen LogP contribution in [0.4, 0.5) is 0 Å². The molecule has 0 fully saturated rings. The average molecular weight is 178 g/mol. The van der Waals surface area contributed by atoms with Gasteiger partial charge in [0.25, 0.3) is 0 Å². The van der Waals surface area contributed by atoms with Crippen LogP contribution in [0.5, 0.6) is 0 Å². The van der Waals surface area contributed by atoms with Gasteiger partial charge in [-0.15, -0.1) is 0 Å². The fourth-order valence-electron chi connectivity index (χ4n) is 0.0913. The summed E-state index contributed by atoms with van der Waals surface area (Å²) < 4.78 is 0. The average Bonchev–Trinajstić information content (AvgIpc) is 1.85. The van der Waals surface area contributed by atoms with E-state index in [9.17, 15) is 0 Å². The van der Waals surface area contributed by atoms with Crippen molar-refractivity contribution in [1.29, 1.82) is 0 Å². The molecule has 0 spiro atoms. The predicted molar refractivity (Wildman–Crippen MR) is 51.0 cm³/mol. The zero-order valence-electron chi connectivity index (χ0n) is 7.25. The van der Waals surface area contributed by atoms with Crippen LogP contribution in [0.2, 0.25) is 0 Å². The molecule has 0 aromatic rings. The molecule has 1 nitrogen and oxygen atoms in total. The van der Waals surface area contributed by atoms with Crippen molar-refractivity contribution >= 4 is 18.8 Å². The molecule has 0 atom stereocenters. The Morgan fingerprint density at radius 1 is 1.73 bits per heavy atom. The molecule has 0 aliphatic carbocycles. The Bertz CT molecular complexity index is 99.5. The van der Waals surface area contributed by atoms with Crippen LogP contribution in [0.25, 0.3) is 5.41 Å². The Hall–Kier alpha value is 0.760. The Labute approximate surface area is 97.9 Å². The van der Waals surface area contributed by atoms with Crippen molar-refractivity contribution < 1.29 is 29.6 Å². The minimum absolute atomic E-state index is 0. The summed E-state index contributed by atoms with van der Waals surface area (Å²) in [4.78, 5) is 0. The second kappa shape index (κ2) is 13.4. The van der Waals surface area contributed by atoms with Crippen molar-refractivity contribution in [3.05, 3.63) is 31.4 Å². The Morgan fingerprint density at radius 3 is 2.00 bits per heavy atom. The van der Waals surface area contributed by atoms with Crippen LogP contribution in [0, 0.1) is 20.4 Å². The molecule has 0 unspecified atom stereocenters. The fraction of sp³-hybridized carbons (Fsp3) is 0.375. The molecule has 0 amide bonds. The van der Waals surface area contributed by atoms with Crippen LogP contribution in [0.15, 0.2) is 5.57 Å². The minimum Gasteiger partial charge on any atom is -0.911 e. The van der Waals surface area contributed by atoms with Crippen molar-refractivity contribution in [3.63, 3.8) is 0 Å². The smallest absolute Gasteiger partial charge is 0.911 e. The number of allylic oxidation sites excluding steroid dienone is 1. The first-order valence-electron chi connectivity index (χ1n) is 2.97. The number of thiol groups is 1. The molecule has 3 heteroatoms. The number of nitrogens with zero attached hydrogens (tertiary/aromatic N) is 1. The summed E-state index contributed by atoms with van der Waals surface area (Å²) in [5.74, 6) is 0. The molecule has 0 N–H and O–H groups in total. The van der Waals surface area contributed by atoms with Gasteiger partial charge in [0, 0.05) is 0 Å². The first-order valence-corrected chi connectivity index (χ1v) is 3.49. The van der Waals surface area contributed by atoms with Gasteiger partial charge in [0.15, 0.2) is 0 Å². The zero-order valence-corrected chi connectivity index (χ0v) is 10.1. The molecular formula is C8H13NNaS-3. The molecule has 0 radical (unpaired) electrons. The third-order valence-electron chi connectivity index (χ3n) is 0.574. The number of rotatable bonds is 2. The molecule has 0 heterocycles. The van der Waals surface area contributed by atoms with Crippen LogP contribution in [0.3, 0.4) is 0 Å². The van der Waals surface area contributed by atoms with Gasteiger partial charge in [-0.3, -0.25) is 17.4 Å². The van der Waals surface area contributed by atoms with Crippen molar-refractivity contribution in [2.75, 3.05) is 0 Å². The van der Waals surface area contributed by atoms with E-state index in [2.05, 4.69) is 26.5 Å². The van der Waals surface area contributed by atoms with Crippen LogP contribution in [-0.2, 0) is 0 Å². The molecule has 0 aromatic carbocycles. The summed E-state index contributed by atoms with van der Waals surface area (Å²) in [5, 5.41) is 8.08. The molecule has 60 valence electrons. The molecule has 0 saturated heterocycles. The van der Waals surface area contributed by atoms with Crippen molar-refractivity contribution in [2.45, 2.75) is 18.6 Å². The summed E-state index contributed by atoms with van der Waals surface area (Å²) in [6, 6.07) is 0. The predicted octanol–water partition coefficient (Wildman–Crippen LogP) is -0.647. The van der Waals surface area contributed by atoms with Crippen molar-refractivity contribution in [2.24, 2.45) is 0 Å². The van der Waals surface area contributed by atoms with E-state index in [-0.39, 0.29) is 34.8 Å². The molecule has 0 aliphatic heterocycles. The molecule has 0 aliphatic rings. The van der Waals surface area contributed by atoms with E-state index in [1.807, 2.05) is 6.92 Å². The maximum atomic E-state index is 8.05. The quantitative estimate of drug-likeness (QED) is 0.251. The van der Waals surface area contributed by atoms with Gasteiger partial charge >= 0.3 is 29.6 Å². The van der Waals surface area contributed by atoms with Gasteiger partial charge in [-0.2, -0.15) is 0 Å². The van der Waals surface area contributed by atoms with Gasteiger partial charge in [-0.05, 0) is 0 Å². The molecule has 11 heavy (non-hydrogen) atoms. The molecule has 0 saturated carbocycles. The van der Waals surface area contributed by atoms with Crippen molar-refractivity contribution in [3.8, 4) is 0 Å². The van der Waals surface area contributed by atoms with Gasteiger partial charge in [0.1, 0.15) is 0 Å². The molecule has 0 aromatic heterocycles. The Kier molecular flexibility index (Phi) is 21.5. The molecule has 0 bridgehead atoms. The topological polar surface area (TPSA) is 22.3 Å². The normalized spacial score (nSPS) is 7.36. The van der Waals surface area contributed by atoms with Crippen LogP contribution < -0.4 is 29.6 Å². The van der Waals surface area contributed by atoms with Gasteiger partial charge in [-0.25, -0.2) is 12.6 Å². The minimum atomic E-state index is 0. The van der Waals surface area contributed by atoms with Gasteiger partial charge in [0.2, 0.25) is 0 Å². The first kappa shape index (κ1) is 17.7.